The molecule has 4 aliphatic rings. The number of fused-ring (bicyclic) bond motifs is 2. The summed E-state index contributed by atoms with van der Waals surface area (Å²) < 4.78 is 25.4. The van der Waals surface area contributed by atoms with Gasteiger partial charge >= 0.3 is 0 Å². The number of carbonyl (C=O) groups excluding carboxylic acids is 1. The molecule has 1 N–H and O–H groups in total. The lowest BCUT2D eigenvalue weighted by Gasteiger charge is -2.48. The summed E-state index contributed by atoms with van der Waals surface area (Å²) in [5, 5.41) is 10.5. The summed E-state index contributed by atoms with van der Waals surface area (Å²) in [4.78, 5) is 11.9. The largest absolute Gasteiger partial charge is 0.411 e. The Hall–Kier alpha value is -0.313. The fourth-order valence-corrected chi connectivity index (χ4v) is 6.76. The molecule has 0 aromatic carbocycles. The number of aliphatic hydroxyl groups is 1. The predicted molar refractivity (Wildman–Crippen MR) is 101 cm³/mol. The lowest BCUT2D eigenvalue weighted by atomic mass is 9.71. The van der Waals surface area contributed by atoms with Crippen LogP contribution >= 0.6 is 0 Å². The van der Waals surface area contributed by atoms with E-state index >= 15 is 0 Å². The molecule has 27 heavy (non-hydrogen) atoms. The van der Waals surface area contributed by atoms with Gasteiger partial charge in [0.15, 0.2) is 20.4 Å². The summed E-state index contributed by atoms with van der Waals surface area (Å²) in [5.74, 6) is -0.823. The third-order valence-electron chi connectivity index (χ3n) is 7.62. The van der Waals surface area contributed by atoms with E-state index in [9.17, 15) is 9.90 Å². The molecular formula is C20H34O6Si. The molecule has 154 valence electrons. The van der Waals surface area contributed by atoms with Gasteiger partial charge in [0, 0.05) is 23.7 Å². The van der Waals surface area contributed by atoms with E-state index < -0.39 is 20.4 Å². The first-order valence-corrected chi connectivity index (χ1v) is 13.1. The van der Waals surface area contributed by atoms with Crippen LogP contribution in [0.2, 0.25) is 18.1 Å². The number of aliphatic hydroxyl groups excluding tert-OH is 1. The Labute approximate surface area is 163 Å². The van der Waals surface area contributed by atoms with E-state index in [4.69, 9.17) is 18.6 Å². The van der Waals surface area contributed by atoms with Crippen LogP contribution in [0.3, 0.4) is 0 Å². The molecule has 2 aliphatic heterocycles. The highest BCUT2D eigenvalue weighted by molar-refractivity contribution is 6.74. The predicted octanol–water partition coefficient (Wildman–Crippen LogP) is 2.70. The Morgan fingerprint density at radius 1 is 1.11 bits per heavy atom. The molecule has 6 nitrogen and oxygen atoms in total. The first-order chi connectivity index (χ1) is 12.4. The molecule has 0 unspecified atom stereocenters. The molecule has 7 heteroatoms. The first-order valence-electron chi connectivity index (χ1n) is 10.2. The molecule has 2 saturated heterocycles. The summed E-state index contributed by atoms with van der Waals surface area (Å²) >= 11 is 0. The zero-order chi connectivity index (χ0) is 19.9. The van der Waals surface area contributed by atoms with Crippen LogP contribution in [0, 0.1) is 23.7 Å². The lowest BCUT2D eigenvalue weighted by Crippen LogP contribution is -2.61. The molecule has 2 saturated carbocycles. The molecule has 4 rings (SSSR count). The van der Waals surface area contributed by atoms with Crippen molar-refractivity contribution >= 4 is 14.6 Å². The minimum Gasteiger partial charge on any atom is -0.411 e. The average molecular weight is 399 g/mol. The zero-order valence-electron chi connectivity index (χ0n) is 17.5. The third-order valence-corrected chi connectivity index (χ3v) is 12.1. The van der Waals surface area contributed by atoms with Gasteiger partial charge < -0.3 is 28.5 Å². The van der Waals surface area contributed by atoms with Gasteiger partial charge in [0.1, 0.15) is 18.5 Å². The maximum atomic E-state index is 11.9. The standard InChI is InChI=1S/C20H34O6Si/c1-19(2,3)27(6,7)26-15-12-10(9-21)8-11-13(12)14(23-18(11)22)16-17(15)25-20(4,5)24-16/h9-18,22H,8H2,1-7H3/t10-,11-,12+,13-,14-,15+,16+,17-,18-/m0/s1. The van der Waals surface area contributed by atoms with Crippen LogP contribution in [0.4, 0.5) is 0 Å². The summed E-state index contributed by atoms with van der Waals surface area (Å²) in [6, 6.07) is 0. The minimum atomic E-state index is -2.10. The monoisotopic (exact) mass is 398 g/mol. The van der Waals surface area contributed by atoms with Crippen molar-refractivity contribution in [3.63, 3.8) is 0 Å². The number of hydrogen-bond acceptors (Lipinski definition) is 6. The molecule has 2 heterocycles. The fraction of sp³-hybridized carbons (Fsp3) is 0.950. The van der Waals surface area contributed by atoms with Crippen molar-refractivity contribution in [3.05, 3.63) is 0 Å². The molecule has 0 bridgehead atoms. The van der Waals surface area contributed by atoms with Crippen molar-refractivity contribution < 1.29 is 28.5 Å². The molecular weight excluding hydrogens is 364 g/mol. The van der Waals surface area contributed by atoms with Gasteiger partial charge in [-0.1, -0.05) is 20.8 Å². The van der Waals surface area contributed by atoms with Gasteiger partial charge in [-0.15, -0.1) is 0 Å². The molecule has 9 atom stereocenters. The number of rotatable bonds is 3. The Balaban J connectivity index is 1.75. The number of carbonyl (C=O) groups is 1. The number of hydrogen-bond donors (Lipinski definition) is 1. The topological polar surface area (TPSA) is 74.2 Å². The SMILES string of the molecule is CC1(C)O[C@@H]2[C@H](O1)[C@H]1O[C@H](O)[C@H]3C[C@@H](C=O)[C@@H]([C@H]2O[Si](C)(C)C(C)(C)C)[C@H]31. The molecule has 0 amide bonds. The van der Waals surface area contributed by atoms with Crippen LogP contribution in [-0.4, -0.2) is 56.2 Å². The van der Waals surface area contributed by atoms with Crippen LogP contribution in [0.5, 0.6) is 0 Å². The van der Waals surface area contributed by atoms with Crippen molar-refractivity contribution in [1.29, 1.82) is 0 Å². The van der Waals surface area contributed by atoms with E-state index in [1.165, 1.54) is 0 Å². The quantitative estimate of drug-likeness (QED) is 0.582. The van der Waals surface area contributed by atoms with Gasteiger partial charge in [0.05, 0.1) is 12.2 Å². The van der Waals surface area contributed by atoms with E-state index in [0.29, 0.717) is 6.42 Å². The molecule has 2 aliphatic carbocycles. The van der Waals surface area contributed by atoms with Gasteiger partial charge in [-0.05, 0) is 38.4 Å². The average Bonchev–Trinajstić information content (AvgIpc) is 3.15. The van der Waals surface area contributed by atoms with E-state index in [1.807, 2.05) is 13.8 Å². The van der Waals surface area contributed by atoms with Crippen LogP contribution in [0.1, 0.15) is 41.0 Å². The molecule has 0 radical (unpaired) electrons. The van der Waals surface area contributed by atoms with Crippen molar-refractivity contribution in [1.82, 2.24) is 0 Å². The van der Waals surface area contributed by atoms with E-state index in [2.05, 4.69) is 33.9 Å². The smallest absolute Gasteiger partial charge is 0.192 e. The first kappa shape index (κ1) is 20.0. The van der Waals surface area contributed by atoms with Crippen LogP contribution in [0.25, 0.3) is 0 Å². The third kappa shape index (κ3) is 2.97. The zero-order valence-corrected chi connectivity index (χ0v) is 18.5. The van der Waals surface area contributed by atoms with Crippen LogP contribution in [0.15, 0.2) is 0 Å². The van der Waals surface area contributed by atoms with Crippen molar-refractivity contribution in [2.75, 3.05) is 0 Å². The molecule has 0 aromatic rings. The summed E-state index contributed by atoms with van der Waals surface area (Å²) in [6.45, 7) is 14.9. The van der Waals surface area contributed by atoms with Crippen molar-refractivity contribution in [3.8, 4) is 0 Å². The molecule has 4 fully saturated rings. The maximum absolute atomic E-state index is 11.9. The number of ether oxygens (including phenoxy) is 3. The van der Waals surface area contributed by atoms with Crippen LogP contribution in [-0.2, 0) is 23.4 Å². The van der Waals surface area contributed by atoms with E-state index in [1.54, 1.807) is 0 Å². The second-order valence-electron chi connectivity index (χ2n) is 10.8. The van der Waals surface area contributed by atoms with E-state index in [-0.39, 0.29) is 53.1 Å². The van der Waals surface area contributed by atoms with Gasteiger partial charge in [0.2, 0.25) is 0 Å². The summed E-state index contributed by atoms with van der Waals surface area (Å²) in [6.07, 6.45) is -0.161. The second-order valence-corrected chi connectivity index (χ2v) is 15.5. The van der Waals surface area contributed by atoms with Gasteiger partial charge in [-0.2, -0.15) is 0 Å². The van der Waals surface area contributed by atoms with Gasteiger partial charge in [-0.3, -0.25) is 0 Å². The van der Waals surface area contributed by atoms with E-state index in [0.717, 1.165) is 6.29 Å². The minimum absolute atomic E-state index is 0.00234. The number of aldehydes is 1. The van der Waals surface area contributed by atoms with Crippen molar-refractivity contribution in [2.24, 2.45) is 23.7 Å². The fourth-order valence-electron chi connectivity index (χ4n) is 5.43. The second kappa shape index (κ2) is 6.09. The van der Waals surface area contributed by atoms with Gasteiger partial charge in [-0.25, -0.2) is 0 Å². The Bertz CT molecular complexity index is 614. The molecule has 0 aromatic heterocycles. The summed E-state index contributed by atoms with van der Waals surface area (Å²) in [5.41, 5.74) is 0. The Morgan fingerprint density at radius 3 is 2.33 bits per heavy atom. The van der Waals surface area contributed by atoms with Gasteiger partial charge in [0.25, 0.3) is 0 Å². The highest BCUT2D eigenvalue weighted by Gasteiger charge is 2.69. The lowest BCUT2D eigenvalue weighted by molar-refractivity contribution is -0.178. The Morgan fingerprint density at radius 2 is 1.74 bits per heavy atom. The molecule has 0 spiro atoms. The van der Waals surface area contributed by atoms with Crippen LogP contribution < -0.4 is 0 Å². The summed E-state index contributed by atoms with van der Waals surface area (Å²) in [7, 11) is -2.10. The highest BCUT2D eigenvalue weighted by atomic mass is 28.4. The maximum Gasteiger partial charge on any atom is 0.192 e. The van der Waals surface area contributed by atoms with Crippen molar-refractivity contribution in [2.45, 2.75) is 95.7 Å². The highest BCUT2D eigenvalue weighted by Crippen LogP contribution is 2.59. The Kier molecular flexibility index (Phi) is 4.51. The normalized spacial score (nSPS) is 48.4.